The van der Waals surface area contributed by atoms with Gasteiger partial charge >= 0.3 is 0 Å². The fourth-order valence-electron chi connectivity index (χ4n) is 8.67. The summed E-state index contributed by atoms with van der Waals surface area (Å²) in [5.41, 5.74) is 16.1. The van der Waals surface area contributed by atoms with E-state index in [1.807, 2.05) is 0 Å². The Bertz CT molecular complexity index is 1500. The fourth-order valence-corrected chi connectivity index (χ4v) is 8.67. The third kappa shape index (κ3) is 7.93. The molecule has 0 N–H and O–H groups in total. The zero-order valence-electron chi connectivity index (χ0n) is 29.7. The molecule has 0 aromatic heterocycles. The number of aryl methyl sites for hydroxylation is 2. The van der Waals surface area contributed by atoms with Gasteiger partial charge in [-0.25, -0.2) is 0 Å². The maximum atomic E-state index is 4.64. The van der Waals surface area contributed by atoms with Crippen LogP contribution in [0.1, 0.15) is 114 Å². The van der Waals surface area contributed by atoms with Crippen molar-refractivity contribution in [1.82, 2.24) is 0 Å². The van der Waals surface area contributed by atoms with Crippen molar-refractivity contribution in [2.75, 3.05) is 0 Å². The number of benzene rings is 2. The molecule has 0 amide bonds. The summed E-state index contributed by atoms with van der Waals surface area (Å²) >= 11 is 0. The average Bonchev–Trinajstić information content (AvgIpc) is 3.40. The van der Waals surface area contributed by atoms with E-state index in [1.54, 1.807) is 5.56 Å². The van der Waals surface area contributed by atoms with E-state index in [0.717, 1.165) is 43.4 Å². The Kier molecular flexibility index (Phi) is 10.3. The third-order valence-electron chi connectivity index (χ3n) is 11.4. The van der Waals surface area contributed by atoms with E-state index in [-0.39, 0.29) is 5.41 Å². The maximum absolute atomic E-state index is 4.64. The molecule has 45 heavy (non-hydrogen) atoms. The molecule has 0 saturated heterocycles. The highest BCUT2D eigenvalue weighted by Gasteiger charge is 2.31. The molecule has 2 aromatic carbocycles. The third-order valence-corrected chi connectivity index (χ3v) is 11.4. The van der Waals surface area contributed by atoms with E-state index in [2.05, 4.69) is 117 Å². The van der Waals surface area contributed by atoms with Crippen molar-refractivity contribution in [1.29, 1.82) is 0 Å². The van der Waals surface area contributed by atoms with Crippen LogP contribution in [0.4, 0.5) is 0 Å². The van der Waals surface area contributed by atoms with Gasteiger partial charge in [-0.05, 0) is 140 Å². The SMILES string of the molecule is C=C(CC)CCC1CCC(Cc2c(C)cc(C)cc2-c2cccc3c2CC(CC2C(=C)C=CC(CC(C)(C)C)C2=C)=C3)[C@@H](C)C1. The molecule has 0 bridgehead atoms. The molecule has 0 spiro atoms. The molecule has 5 rings (SSSR count). The van der Waals surface area contributed by atoms with Crippen LogP contribution in [0.15, 0.2) is 84.5 Å². The molecule has 3 aliphatic carbocycles. The number of allylic oxidation sites excluding steroid dienone is 6. The Morgan fingerprint density at radius 2 is 1.78 bits per heavy atom. The number of hydrogen-bond acceptors (Lipinski definition) is 0. The minimum Gasteiger partial charge on any atom is -0.0999 e. The second kappa shape index (κ2) is 13.9. The molecule has 0 heterocycles. The van der Waals surface area contributed by atoms with Gasteiger partial charge in [-0.15, -0.1) is 0 Å². The first-order valence-corrected chi connectivity index (χ1v) is 18.0. The molecular weight excluding hydrogens is 540 g/mol. The van der Waals surface area contributed by atoms with Gasteiger partial charge in [0.25, 0.3) is 0 Å². The van der Waals surface area contributed by atoms with E-state index in [9.17, 15) is 0 Å². The number of hydrogen-bond donors (Lipinski definition) is 0. The van der Waals surface area contributed by atoms with Gasteiger partial charge in [0.1, 0.15) is 0 Å². The van der Waals surface area contributed by atoms with Gasteiger partial charge in [0.05, 0.1) is 0 Å². The van der Waals surface area contributed by atoms with Crippen LogP contribution in [0.5, 0.6) is 0 Å². The van der Waals surface area contributed by atoms with Crippen molar-refractivity contribution in [3.63, 3.8) is 0 Å². The van der Waals surface area contributed by atoms with Crippen molar-refractivity contribution >= 4 is 6.08 Å². The molecule has 240 valence electrons. The molecule has 5 atom stereocenters. The second-order valence-corrected chi connectivity index (χ2v) is 16.4. The van der Waals surface area contributed by atoms with Gasteiger partial charge in [0.15, 0.2) is 0 Å². The predicted molar refractivity (Wildman–Crippen MR) is 198 cm³/mol. The van der Waals surface area contributed by atoms with Crippen LogP contribution in [0.2, 0.25) is 0 Å². The molecule has 4 unspecified atom stereocenters. The van der Waals surface area contributed by atoms with Crippen molar-refractivity contribution < 1.29 is 0 Å². The summed E-state index contributed by atoms with van der Waals surface area (Å²) in [5, 5.41) is 0. The number of fused-ring (bicyclic) bond motifs is 1. The maximum Gasteiger partial charge on any atom is 0.00827 e. The topological polar surface area (TPSA) is 0 Å². The summed E-state index contributed by atoms with van der Waals surface area (Å²) < 4.78 is 0. The monoisotopic (exact) mass is 600 g/mol. The van der Waals surface area contributed by atoms with Crippen LogP contribution in [0.3, 0.4) is 0 Å². The number of rotatable bonds is 10. The van der Waals surface area contributed by atoms with E-state index in [4.69, 9.17) is 0 Å². The molecule has 0 nitrogen and oxygen atoms in total. The molecular formula is C45H60. The summed E-state index contributed by atoms with van der Waals surface area (Å²) in [6.45, 7) is 29.8. The van der Waals surface area contributed by atoms with Crippen LogP contribution in [0, 0.1) is 48.9 Å². The van der Waals surface area contributed by atoms with Gasteiger partial charge in [-0.1, -0.05) is 132 Å². The van der Waals surface area contributed by atoms with Crippen LogP contribution < -0.4 is 0 Å². The highest BCUT2D eigenvalue weighted by molar-refractivity contribution is 5.80. The Hall–Kier alpha value is -2.86. The minimum atomic E-state index is 0.282. The molecule has 0 heteroatoms. The lowest BCUT2D eigenvalue weighted by Crippen LogP contribution is -2.25. The zero-order chi connectivity index (χ0) is 32.5. The summed E-state index contributed by atoms with van der Waals surface area (Å²) in [6.07, 6.45) is 19.3. The van der Waals surface area contributed by atoms with Gasteiger partial charge in [0.2, 0.25) is 0 Å². The van der Waals surface area contributed by atoms with Crippen LogP contribution in [-0.4, -0.2) is 0 Å². The first-order chi connectivity index (χ1) is 21.3. The molecule has 3 aliphatic rings. The van der Waals surface area contributed by atoms with E-state index in [1.165, 1.54) is 94.2 Å². The summed E-state index contributed by atoms with van der Waals surface area (Å²) in [5.74, 6) is 3.18. The smallest absolute Gasteiger partial charge is 0.00827 e. The van der Waals surface area contributed by atoms with Crippen molar-refractivity contribution in [3.8, 4) is 11.1 Å². The minimum absolute atomic E-state index is 0.282. The quantitative estimate of drug-likeness (QED) is 0.238. The standard InChI is InChI=1S/C45H60/c1-11-29(2)15-17-35-18-20-37(32(5)23-35)27-42-33(6)21-30(3)22-44(42)40-14-12-13-38-24-36(26-43(38)40)25-41-31(4)16-19-39(34(41)7)28-45(8,9)10/h12-14,16,19,21-22,24,32,35,37,39,41H,2,4,7,11,15,17-18,20,23,25-28H2,1,3,5-6,8-10H3/t32-,35?,37?,39?,41?/m0/s1. The normalized spacial score (nSPS) is 25.0. The second-order valence-electron chi connectivity index (χ2n) is 16.4. The molecule has 0 radical (unpaired) electrons. The van der Waals surface area contributed by atoms with Crippen molar-refractivity contribution in [3.05, 3.63) is 112 Å². The van der Waals surface area contributed by atoms with Gasteiger partial charge < -0.3 is 0 Å². The summed E-state index contributed by atoms with van der Waals surface area (Å²) in [7, 11) is 0. The fraction of sp³-hybridized carbons (Fsp3) is 0.511. The van der Waals surface area contributed by atoms with Gasteiger partial charge in [-0.3, -0.25) is 0 Å². The van der Waals surface area contributed by atoms with Crippen molar-refractivity contribution in [2.24, 2.45) is 35.0 Å². The molecule has 1 saturated carbocycles. The Morgan fingerprint density at radius 1 is 1.00 bits per heavy atom. The van der Waals surface area contributed by atoms with E-state index < -0.39 is 0 Å². The predicted octanol–water partition coefficient (Wildman–Crippen LogP) is 13.0. The molecule has 0 aliphatic heterocycles. The van der Waals surface area contributed by atoms with Gasteiger partial charge in [-0.2, -0.15) is 0 Å². The van der Waals surface area contributed by atoms with Crippen LogP contribution in [0.25, 0.3) is 17.2 Å². The average molecular weight is 601 g/mol. The summed E-state index contributed by atoms with van der Waals surface area (Å²) in [4.78, 5) is 0. The van der Waals surface area contributed by atoms with Crippen molar-refractivity contribution in [2.45, 2.75) is 113 Å². The van der Waals surface area contributed by atoms with E-state index in [0.29, 0.717) is 11.8 Å². The Balaban J connectivity index is 1.34. The van der Waals surface area contributed by atoms with E-state index >= 15 is 0 Å². The zero-order valence-corrected chi connectivity index (χ0v) is 29.7. The lowest BCUT2D eigenvalue weighted by molar-refractivity contribution is 0.186. The summed E-state index contributed by atoms with van der Waals surface area (Å²) in [6, 6.07) is 11.9. The highest BCUT2D eigenvalue weighted by Crippen LogP contribution is 2.45. The van der Waals surface area contributed by atoms with Crippen LogP contribution in [-0.2, 0) is 12.8 Å². The Morgan fingerprint density at radius 3 is 2.49 bits per heavy atom. The molecule has 1 fully saturated rings. The largest absolute Gasteiger partial charge is 0.0999 e. The first-order valence-electron chi connectivity index (χ1n) is 18.0. The van der Waals surface area contributed by atoms with Crippen LogP contribution >= 0.6 is 0 Å². The molecule has 2 aromatic rings. The lowest BCUT2D eigenvalue weighted by Gasteiger charge is -2.35. The lowest BCUT2D eigenvalue weighted by atomic mass is 9.70. The Labute approximate surface area is 276 Å². The van der Waals surface area contributed by atoms with Gasteiger partial charge in [0, 0.05) is 5.92 Å². The first kappa shape index (κ1) is 33.5. The highest BCUT2D eigenvalue weighted by atomic mass is 14.4.